The highest BCUT2D eigenvalue weighted by Crippen LogP contribution is 2.44. The van der Waals surface area contributed by atoms with Crippen LogP contribution < -0.4 is 0 Å². The Hall–Kier alpha value is -2.73. The molecule has 1 aliphatic rings. The lowest BCUT2D eigenvalue weighted by atomic mass is 9.98. The normalized spacial score (nSPS) is 12.2. The number of unbranched alkanes of at least 4 members (excludes halogenated alkanes) is 1. The monoisotopic (exact) mass is 793 g/mol. The maximum Gasteiger partial charge on any atom is 0.409 e. The molecule has 0 N–H and O–H groups in total. The quantitative estimate of drug-likeness (QED) is 0.0860. The Labute approximate surface area is 334 Å². The Kier molecular flexibility index (Phi) is 28.3. The van der Waals surface area contributed by atoms with E-state index in [2.05, 4.69) is 31.2 Å². The molecule has 14 heteroatoms. The largest absolute Gasteiger partial charge is 0.448 e. The van der Waals surface area contributed by atoms with Crippen LogP contribution in [0.4, 0.5) is 4.79 Å². The Morgan fingerprint density at radius 1 is 0.464 bits per heavy atom. The third-order valence-corrected chi connectivity index (χ3v) is 8.58. The van der Waals surface area contributed by atoms with Gasteiger partial charge in [0.15, 0.2) is 0 Å². The van der Waals surface area contributed by atoms with Gasteiger partial charge in [0, 0.05) is 26.1 Å². The van der Waals surface area contributed by atoms with Crippen molar-refractivity contribution in [3.05, 3.63) is 59.7 Å². The summed E-state index contributed by atoms with van der Waals surface area (Å²) in [4.78, 5) is 14.1. The maximum absolute atomic E-state index is 12.6. The third kappa shape index (κ3) is 21.7. The van der Waals surface area contributed by atoms with Gasteiger partial charge in [0.2, 0.25) is 0 Å². The maximum atomic E-state index is 12.6. The van der Waals surface area contributed by atoms with Crippen molar-refractivity contribution in [1.82, 2.24) is 4.90 Å². The summed E-state index contributed by atoms with van der Waals surface area (Å²) in [6, 6.07) is 16.6. The summed E-state index contributed by atoms with van der Waals surface area (Å²) in [7, 11) is 1.72. The average molecular weight is 794 g/mol. The molecule has 0 bridgehead atoms. The van der Waals surface area contributed by atoms with Crippen LogP contribution in [0.2, 0.25) is 0 Å². The Bertz CT molecular complexity index is 1190. The van der Waals surface area contributed by atoms with Gasteiger partial charge in [0.05, 0.1) is 139 Å². The molecule has 2 aromatic rings. The number of fused-ring (bicyclic) bond motifs is 3. The first kappa shape index (κ1) is 47.6. The molecule has 0 saturated carbocycles. The van der Waals surface area contributed by atoms with Crippen molar-refractivity contribution in [3.8, 4) is 11.1 Å². The lowest BCUT2D eigenvalue weighted by Gasteiger charge is -2.19. The second-order valence-corrected chi connectivity index (χ2v) is 12.8. The molecule has 56 heavy (non-hydrogen) atoms. The Morgan fingerprint density at radius 2 is 0.768 bits per heavy atom. The van der Waals surface area contributed by atoms with Gasteiger partial charge in [0.25, 0.3) is 0 Å². The molecule has 0 atom stereocenters. The lowest BCUT2D eigenvalue weighted by molar-refractivity contribution is -0.0276. The van der Waals surface area contributed by atoms with E-state index in [9.17, 15) is 4.79 Å². The molecule has 2 aromatic carbocycles. The minimum atomic E-state index is -0.363. The molecule has 318 valence electrons. The molecule has 0 radical (unpaired) electrons. The zero-order chi connectivity index (χ0) is 39.6. The van der Waals surface area contributed by atoms with Gasteiger partial charge in [-0.05, 0) is 28.7 Å². The zero-order valence-electron chi connectivity index (χ0n) is 33.8. The molecule has 14 nitrogen and oxygen atoms in total. The van der Waals surface area contributed by atoms with E-state index in [0.717, 1.165) is 19.4 Å². The summed E-state index contributed by atoms with van der Waals surface area (Å²) >= 11 is 0. The fraction of sp³-hybridized carbons (Fsp3) is 0.690. The van der Waals surface area contributed by atoms with Crippen molar-refractivity contribution in [1.29, 1.82) is 0 Å². The number of carbonyl (C=O) groups excluding carboxylic acids is 1. The van der Waals surface area contributed by atoms with Gasteiger partial charge < -0.3 is 61.7 Å². The highest BCUT2D eigenvalue weighted by Gasteiger charge is 2.29. The van der Waals surface area contributed by atoms with Crippen LogP contribution in [0.1, 0.15) is 36.8 Å². The van der Waals surface area contributed by atoms with Gasteiger partial charge in [0.1, 0.15) is 6.61 Å². The smallest absolute Gasteiger partial charge is 0.409 e. The third-order valence-electron chi connectivity index (χ3n) is 8.58. The molecule has 1 aliphatic carbocycles. The van der Waals surface area contributed by atoms with Gasteiger partial charge in [-0.3, -0.25) is 0 Å². The number of amides is 1. The first-order chi connectivity index (χ1) is 27.7. The fourth-order valence-electron chi connectivity index (χ4n) is 5.54. The first-order valence-corrected chi connectivity index (χ1v) is 20.1. The van der Waals surface area contributed by atoms with Crippen molar-refractivity contribution in [3.63, 3.8) is 0 Å². The van der Waals surface area contributed by atoms with Crippen LogP contribution in [0.5, 0.6) is 0 Å². The number of hydrogen-bond acceptors (Lipinski definition) is 13. The second-order valence-electron chi connectivity index (χ2n) is 12.8. The minimum absolute atomic E-state index is 0.0388. The van der Waals surface area contributed by atoms with Crippen molar-refractivity contribution in [2.75, 3.05) is 166 Å². The predicted molar refractivity (Wildman–Crippen MR) is 212 cm³/mol. The summed E-state index contributed by atoms with van der Waals surface area (Å²) in [6.45, 7) is 14.3. The van der Waals surface area contributed by atoms with Gasteiger partial charge in [-0.25, -0.2) is 4.79 Å². The van der Waals surface area contributed by atoms with E-state index in [1.54, 1.807) is 7.05 Å². The van der Waals surface area contributed by atoms with E-state index in [1.165, 1.54) is 27.2 Å². The predicted octanol–water partition coefficient (Wildman–Crippen LogP) is 4.85. The lowest BCUT2D eigenvalue weighted by Crippen LogP contribution is -2.32. The topological polar surface area (TPSA) is 131 Å². The standard InChI is InChI=1S/C42H67NO13/c1-3-4-14-45-16-18-47-20-22-49-24-26-51-28-30-53-32-34-55-35-33-54-31-29-52-27-25-50-23-21-48-19-17-46-15-13-43(2)42(44)56-36-41-39-11-7-5-9-37(39)38-10-6-8-12-40(38)41/h5-12,41H,3-4,13-36H2,1-2H3. The Balaban J connectivity index is 0.961. The van der Waals surface area contributed by atoms with Crippen LogP contribution in [0.3, 0.4) is 0 Å². The van der Waals surface area contributed by atoms with E-state index >= 15 is 0 Å². The molecule has 0 saturated heterocycles. The fourth-order valence-corrected chi connectivity index (χ4v) is 5.54. The molecule has 0 fully saturated rings. The van der Waals surface area contributed by atoms with E-state index in [1.807, 2.05) is 24.3 Å². The number of rotatable bonds is 38. The minimum Gasteiger partial charge on any atom is -0.448 e. The Morgan fingerprint density at radius 3 is 1.11 bits per heavy atom. The summed E-state index contributed by atoms with van der Waals surface area (Å²) in [5.41, 5.74) is 4.80. The highest BCUT2D eigenvalue weighted by molar-refractivity contribution is 5.79. The first-order valence-electron chi connectivity index (χ1n) is 20.1. The molecular weight excluding hydrogens is 726 g/mol. The van der Waals surface area contributed by atoms with Crippen molar-refractivity contribution >= 4 is 6.09 Å². The van der Waals surface area contributed by atoms with Gasteiger partial charge in [-0.2, -0.15) is 0 Å². The molecule has 3 rings (SSSR count). The number of benzene rings is 2. The van der Waals surface area contributed by atoms with E-state index in [0.29, 0.717) is 152 Å². The summed E-state index contributed by atoms with van der Waals surface area (Å²) in [6.07, 6.45) is 1.87. The van der Waals surface area contributed by atoms with Gasteiger partial charge >= 0.3 is 6.09 Å². The molecule has 0 heterocycles. The van der Waals surface area contributed by atoms with Crippen molar-refractivity contribution < 1.29 is 61.6 Å². The number of hydrogen-bond donors (Lipinski definition) is 0. The van der Waals surface area contributed by atoms with Crippen LogP contribution in [-0.2, 0) is 56.8 Å². The second kappa shape index (κ2) is 33.3. The molecule has 0 unspecified atom stereocenters. The molecular formula is C42H67NO13. The van der Waals surface area contributed by atoms with Crippen LogP contribution in [0.15, 0.2) is 48.5 Å². The highest BCUT2D eigenvalue weighted by atomic mass is 16.6. The molecule has 0 aromatic heterocycles. The van der Waals surface area contributed by atoms with Crippen LogP contribution >= 0.6 is 0 Å². The van der Waals surface area contributed by atoms with Crippen molar-refractivity contribution in [2.45, 2.75) is 25.7 Å². The molecule has 1 amide bonds. The molecule has 0 aliphatic heterocycles. The van der Waals surface area contributed by atoms with Gasteiger partial charge in [-0.15, -0.1) is 0 Å². The SMILES string of the molecule is CCCCOCCOCCOCCOCCOCCOCCOCCOCCOCCOCCOCCN(C)C(=O)OCC1c2ccccc2-c2ccccc21. The van der Waals surface area contributed by atoms with Crippen LogP contribution in [0, 0.1) is 0 Å². The summed E-state index contributed by atoms with van der Waals surface area (Å²) in [5.74, 6) is 0.0388. The van der Waals surface area contributed by atoms with E-state index in [4.69, 9.17) is 56.8 Å². The number of likely N-dealkylation sites (N-methyl/N-ethyl adjacent to an activating group) is 1. The zero-order valence-corrected chi connectivity index (χ0v) is 33.8. The summed E-state index contributed by atoms with van der Waals surface area (Å²) in [5, 5.41) is 0. The van der Waals surface area contributed by atoms with E-state index in [-0.39, 0.29) is 12.0 Å². The number of carbonyl (C=O) groups is 1. The van der Waals surface area contributed by atoms with Crippen LogP contribution in [0.25, 0.3) is 11.1 Å². The van der Waals surface area contributed by atoms with Crippen LogP contribution in [-0.4, -0.2) is 177 Å². The average Bonchev–Trinajstić information content (AvgIpc) is 3.54. The van der Waals surface area contributed by atoms with Gasteiger partial charge in [-0.1, -0.05) is 61.9 Å². The molecule has 0 spiro atoms. The number of ether oxygens (including phenoxy) is 12. The van der Waals surface area contributed by atoms with E-state index < -0.39 is 0 Å². The summed E-state index contributed by atoms with van der Waals surface area (Å²) < 4.78 is 66.2. The van der Waals surface area contributed by atoms with Crippen molar-refractivity contribution in [2.24, 2.45) is 0 Å². The number of nitrogens with zero attached hydrogens (tertiary/aromatic N) is 1.